The maximum atomic E-state index is 11.5. The molecule has 0 aliphatic heterocycles. The van der Waals surface area contributed by atoms with E-state index in [0.29, 0.717) is 12.1 Å². The summed E-state index contributed by atoms with van der Waals surface area (Å²) < 4.78 is 0. The number of urea groups is 1. The minimum atomic E-state index is -1.01. The van der Waals surface area contributed by atoms with Crippen molar-refractivity contribution < 1.29 is 14.7 Å². The van der Waals surface area contributed by atoms with Gasteiger partial charge in [0.15, 0.2) is 0 Å². The molecule has 20 heavy (non-hydrogen) atoms. The van der Waals surface area contributed by atoms with E-state index < -0.39 is 17.4 Å². The second-order valence-corrected chi connectivity index (χ2v) is 5.03. The molecule has 1 rings (SSSR count). The molecule has 0 saturated carbocycles. The average molecular weight is 275 g/mol. The van der Waals surface area contributed by atoms with E-state index in [2.05, 4.69) is 10.6 Å². The molecule has 0 fully saturated rings. The van der Waals surface area contributed by atoms with E-state index in [1.807, 2.05) is 6.07 Å². The van der Waals surface area contributed by atoms with Crippen LogP contribution in [0.5, 0.6) is 0 Å². The molecule has 0 aliphatic rings. The van der Waals surface area contributed by atoms with Crippen LogP contribution in [0.25, 0.3) is 0 Å². The van der Waals surface area contributed by atoms with Crippen LogP contribution in [0.15, 0.2) is 24.3 Å². The zero-order valence-corrected chi connectivity index (χ0v) is 11.4. The van der Waals surface area contributed by atoms with Gasteiger partial charge in [0.2, 0.25) is 0 Å². The molecule has 0 aliphatic carbocycles. The number of nitrogens with zero attached hydrogens (tertiary/aromatic N) is 1. The molecule has 1 aromatic carbocycles. The lowest BCUT2D eigenvalue weighted by atomic mass is 9.94. The first-order valence-corrected chi connectivity index (χ1v) is 6.09. The largest absolute Gasteiger partial charge is 0.481 e. The highest BCUT2D eigenvalue weighted by Crippen LogP contribution is 2.12. The summed E-state index contributed by atoms with van der Waals surface area (Å²) in [6.45, 7) is 3.43. The zero-order chi connectivity index (χ0) is 15.2. The van der Waals surface area contributed by atoms with Gasteiger partial charge in [-0.2, -0.15) is 5.26 Å². The number of nitriles is 1. The number of hydrogen-bond donors (Lipinski definition) is 3. The molecule has 0 unspecified atom stereocenters. The second kappa shape index (κ2) is 6.57. The molecule has 0 bridgehead atoms. The predicted octanol–water partition coefficient (Wildman–Crippen LogP) is 1.47. The molecule has 0 saturated heterocycles. The van der Waals surface area contributed by atoms with Crippen molar-refractivity contribution in [2.75, 3.05) is 6.54 Å². The number of carboxylic acids is 1. The summed E-state index contributed by atoms with van der Waals surface area (Å²) in [5.74, 6) is -0.968. The summed E-state index contributed by atoms with van der Waals surface area (Å²) in [6, 6.07) is 8.42. The molecule has 6 nitrogen and oxygen atoms in total. The van der Waals surface area contributed by atoms with Crippen molar-refractivity contribution >= 4 is 12.0 Å². The van der Waals surface area contributed by atoms with Crippen molar-refractivity contribution in [2.45, 2.75) is 20.4 Å². The summed E-state index contributed by atoms with van der Waals surface area (Å²) in [5.41, 5.74) is 0.407. The lowest BCUT2D eigenvalue weighted by Gasteiger charge is -2.19. The number of rotatable bonds is 5. The molecule has 106 valence electrons. The Morgan fingerprint density at radius 2 is 1.85 bits per heavy atom. The Labute approximate surface area is 117 Å². The van der Waals surface area contributed by atoms with Gasteiger partial charge in [-0.1, -0.05) is 12.1 Å². The van der Waals surface area contributed by atoms with E-state index in [4.69, 9.17) is 10.4 Å². The van der Waals surface area contributed by atoms with E-state index in [1.54, 1.807) is 24.3 Å². The fourth-order valence-corrected chi connectivity index (χ4v) is 1.32. The van der Waals surface area contributed by atoms with Crippen molar-refractivity contribution in [3.63, 3.8) is 0 Å². The quantitative estimate of drug-likeness (QED) is 0.757. The molecule has 3 N–H and O–H groups in total. The van der Waals surface area contributed by atoms with Crippen LogP contribution in [-0.2, 0) is 11.3 Å². The van der Waals surface area contributed by atoms with Crippen LogP contribution in [0.2, 0.25) is 0 Å². The fourth-order valence-electron chi connectivity index (χ4n) is 1.32. The summed E-state index contributed by atoms with van der Waals surface area (Å²) in [7, 11) is 0. The van der Waals surface area contributed by atoms with Crippen LogP contribution in [0, 0.1) is 16.7 Å². The van der Waals surface area contributed by atoms with E-state index in [0.717, 1.165) is 5.56 Å². The number of carboxylic acid groups (broad SMARTS) is 1. The van der Waals surface area contributed by atoms with Crippen LogP contribution in [0.4, 0.5) is 4.79 Å². The fraction of sp³-hybridized carbons (Fsp3) is 0.357. The number of carbonyl (C=O) groups excluding carboxylic acids is 1. The Bertz CT molecular complexity index is 530. The van der Waals surface area contributed by atoms with Crippen molar-refractivity contribution in [3.8, 4) is 6.07 Å². The van der Waals surface area contributed by atoms with E-state index >= 15 is 0 Å². The maximum Gasteiger partial charge on any atom is 0.315 e. The van der Waals surface area contributed by atoms with E-state index in [1.165, 1.54) is 13.8 Å². The molecular weight excluding hydrogens is 258 g/mol. The Balaban J connectivity index is 2.40. The first-order valence-electron chi connectivity index (χ1n) is 6.09. The Hall–Kier alpha value is -2.55. The third-order valence-corrected chi connectivity index (χ3v) is 2.81. The van der Waals surface area contributed by atoms with E-state index in [9.17, 15) is 9.59 Å². The summed E-state index contributed by atoms with van der Waals surface area (Å²) in [6.07, 6.45) is 0. The van der Waals surface area contributed by atoms with E-state index in [-0.39, 0.29) is 6.54 Å². The summed E-state index contributed by atoms with van der Waals surface area (Å²) in [4.78, 5) is 22.4. The molecular formula is C14H17N3O3. The third kappa shape index (κ3) is 4.61. The van der Waals surface area contributed by atoms with Crippen LogP contribution in [0.1, 0.15) is 25.0 Å². The molecule has 1 aromatic rings. The molecule has 0 radical (unpaired) electrons. The topological polar surface area (TPSA) is 102 Å². The number of carbonyl (C=O) groups is 2. The minimum absolute atomic E-state index is 0.0432. The van der Waals surface area contributed by atoms with Gasteiger partial charge in [-0.25, -0.2) is 4.79 Å². The monoisotopic (exact) mass is 275 g/mol. The Morgan fingerprint density at radius 3 is 2.35 bits per heavy atom. The van der Waals surface area contributed by atoms with Crippen LogP contribution >= 0.6 is 0 Å². The zero-order valence-electron chi connectivity index (χ0n) is 11.4. The third-order valence-electron chi connectivity index (χ3n) is 2.81. The highest BCUT2D eigenvalue weighted by Gasteiger charge is 2.27. The Kier molecular flexibility index (Phi) is 5.09. The van der Waals surface area contributed by atoms with Gasteiger partial charge in [0.25, 0.3) is 0 Å². The van der Waals surface area contributed by atoms with Crippen LogP contribution in [-0.4, -0.2) is 23.7 Å². The van der Waals surface area contributed by atoms with Gasteiger partial charge < -0.3 is 15.7 Å². The number of benzene rings is 1. The number of amides is 2. The lowest BCUT2D eigenvalue weighted by Crippen LogP contribution is -2.43. The normalized spacial score (nSPS) is 10.4. The molecule has 0 heterocycles. The smallest absolute Gasteiger partial charge is 0.315 e. The highest BCUT2D eigenvalue weighted by atomic mass is 16.4. The molecule has 0 atom stereocenters. The molecule has 0 aromatic heterocycles. The predicted molar refractivity (Wildman–Crippen MR) is 72.8 cm³/mol. The first kappa shape index (κ1) is 15.5. The van der Waals surface area contributed by atoms with Crippen LogP contribution in [0.3, 0.4) is 0 Å². The number of aliphatic carboxylic acids is 1. The lowest BCUT2D eigenvalue weighted by molar-refractivity contribution is -0.146. The van der Waals surface area contributed by atoms with Crippen molar-refractivity contribution in [1.29, 1.82) is 5.26 Å². The first-order chi connectivity index (χ1) is 9.35. The van der Waals surface area contributed by atoms with Gasteiger partial charge in [0.05, 0.1) is 17.0 Å². The van der Waals surface area contributed by atoms with Gasteiger partial charge in [0.1, 0.15) is 0 Å². The maximum absolute atomic E-state index is 11.5. The highest BCUT2D eigenvalue weighted by molar-refractivity contribution is 5.77. The number of nitrogens with one attached hydrogen (secondary N) is 2. The SMILES string of the molecule is CC(C)(CNC(=O)NCc1ccc(C#N)cc1)C(=O)O. The van der Waals surface area contributed by atoms with Gasteiger partial charge in [-0.05, 0) is 31.5 Å². The summed E-state index contributed by atoms with van der Waals surface area (Å²) >= 11 is 0. The van der Waals surface area contributed by atoms with Crippen LogP contribution < -0.4 is 10.6 Å². The average Bonchev–Trinajstić information content (AvgIpc) is 2.43. The molecule has 6 heteroatoms. The van der Waals surface area contributed by atoms with Crippen molar-refractivity contribution in [3.05, 3.63) is 35.4 Å². The summed E-state index contributed by atoms with van der Waals surface area (Å²) in [5, 5.41) is 22.7. The standard InChI is InChI=1S/C14H17N3O3/c1-14(2,12(18)19)9-17-13(20)16-8-11-5-3-10(7-15)4-6-11/h3-6H,8-9H2,1-2H3,(H,18,19)(H2,16,17,20). The number of hydrogen-bond acceptors (Lipinski definition) is 3. The molecule has 2 amide bonds. The Morgan fingerprint density at radius 1 is 1.25 bits per heavy atom. The van der Waals surface area contributed by atoms with Gasteiger partial charge in [0, 0.05) is 13.1 Å². The van der Waals surface area contributed by atoms with Gasteiger partial charge in [-0.15, -0.1) is 0 Å². The second-order valence-electron chi connectivity index (χ2n) is 5.03. The molecule has 0 spiro atoms. The van der Waals surface area contributed by atoms with Crippen molar-refractivity contribution in [2.24, 2.45) is 5.41 Å². The van der Waals surface area contributed by atoms with Gasteiger partial charge >= 0.3 is 12.0 Å². The van der Waals surface area contributed by atoms with Gasteiger partial charge in [-0.3, -0.25) is 4.79 Å². The van der Waals surface area contributed by atoms with Crippen molar-refractivity contribution in [1.82, 2.24) is 10.6 Å². The minimum Gasteiger partial charge on any atom is -0.481 e.